The van der Waals surface area contributed by atoms with E-state index in [9.17, 15) is 4.79 Å². The third-order valence-electron chi connectivity index (χ3n) is 4.66. The fourth-order valence-electron chi connectivity index (χ4n) is 3.10. The minimum absolute atomic E-state index is 0.255. The predicted molar refractivity (Wildman–Crippen MR) is 104 cm³/mol. The Labute approximate surface area is 165 Å². The molecule has 3 heterocycles. The van der Waals surface area contributed by atoms with Crippen molar-refractivity contribution in [3.05, 3.63) is 60.4 Å². The topological polar surface area (TPSA) is 112 Å². The minimum atomic E-state index is -0.330. The molecule has 1 aromatic carbocycles. The minimum Gasteiger partial charge on any atom is -0.334 e. The van der Waals surface area contributed by atoms with Crippen molar-refractivity contribution in [2.75, 3.05) is 5.32 Å². The maximum atomic E-state index is 12.7. The molecule has 0 radical (unpaired) electrons. The van der Waals surface area contributed by atoms with Gasteiger partial charge in [0.2, 0.25) is 0 Å². The van der Waals surface area contributed by atoms with E-state index in [1.54, 1.807) is 25.4 Å². The zero-order valence-corrected chi connectivity index (χ0v) is 15.6. The Hall–Kier alpha value is -3.88. The maximum absolute atomic E-state index is 12.7. The van der Waals surface area contributed by atoms with Crippen molar-refractivity contribution in [2.45, 2.75) is 25.8 Å². The van der Waals surface area contributed by atoms with Crippen LogP contribution in [0.4, 0.5) is 5.69 Å². The molecular weight excluding hydrogens is 370 g/mol. The second kappa shape index (κ2) is 6.93. The predicted octanol–water partition coefficient (Wildman–Crippen LogP) is 3.29. The van der Waals surface area contributed by atoms with Gasteiger partial charge in [-0.1, -0.05) is 17.3 Å². The summed E-state index contributed by atoms with van der Waals surface area (Å²) in [6.07, 6.45) is 5.58. The molecule has 4 aromatic rings. The van der Waals surface area contributed by atoms with Crippen molar-refractivity contribution in [1.29, 1.82) is 0 Å². The van der Waals surface area contributed by atoms with Gasteiger partial charge in [-0.3, -0.25) is 9.78 Å². The van der Waals surface area contributed by atoms with Gasteiger partial charge in [0, 0.05) is 29.1 Å². The van der Waals surface area contributed by atoms with Gasteiger partial charge >= 0.3 is 0 Å². The smallest absolute Gasteiger partial charge is 0.274 e. The summed E-state index contributed by atoms with van der Waals surface area (Å²) in [5.41, 5.74) is 2.44. The average molecular weight is 387 g/mol. The van der Waals surface area contributed by atoms with Gasteiger partial charge in [0.05, 0.1) is 0 Å². The molecule has 0 unspecified atom stereocenters. The largest absolute Gasteiger partial charge is 0.334 e. The van der Waals surface area contributed by atoms with Gasteiger partial charge in [-0.25, -0.2) is 0 Å². The van der Waals surface area contributed by atoms with Crippen LogP contribution < -0.4 is 5.32 Å². The summed E-state index contributed by atoms with van der Waals surface area (Å²) in [4.78, 5) is 21.1. The van der Waals surface area contributed by atoms with E-state index in [0.29, 0.717) is 29.0 Å². The van der Waals surface area contributed by atoms with Crippen molar-refractivity contribution in [1.82, 2.24) is 29.9 Å². The number of aromatic nitrogens is 6. The van der Waals surface area contributed by atoms with Crippen molar-refractivity contribution in [3.63, 3.8) is 0 Å². The molecule has 0 atom stereocenters. The van der Waals surface area contributed by atoms with E-state index in [1.165, 1.54) is 6.20 Å². The number of hydrogen-bond acceptors (Lipinski definition) is 7. The summed E-state index contributed by atoms with van der Waals surface area (Å²) in [6, 6.07) is 11.3. The molecule has 0 spiro atoms. The third kappa shape index (κ3) is 3.49. The highest BCUT2D eigenvalue weighted by Gasteiger charge is 2.26. The SMILES string of the molecule is Cc1noc(-c2ccnc(C(=O)Nc3cccc(-c4nncn4C4CC4)c3)c2)n1. The molecule has 0 bridgehead atoms. The number of anilines is 1. The highest BCUT2D eigenvalue weighted by molar-refractivity contribution is 6.03. The lowest BCUT2D eigenvalue weighted by atomic mass is 10.1. The molecule has 1 amide bonds. The number of pyridine rings is 1. The van der Waals surface area contributed by atoms with Crippen molar-refractivity contribution in [3.8, 4) is 22.8 Å². The fraction of sp³-hybridized carbons (Fsp3) is 0.200. The molecular formula is C20H17N7O2. The van der Waals surface area contributed by atoms with Gasteiger partial charge < -0.3 is 14.4 Å². The Morgan fingerprint density at radius 1 is 1.21 bits per heavy atom. The van der Waals surface area contributed by atoms with Crippen LogP contribution in [0.1, 0.15) is 35.2 Å². The first-order valence-corrected chi connectivity index (χ1v) is 9.25. The number of nitrogens with zero attached hydrogens (tertiary/aromatic N) is 6. The normalized spacial score (nSPS) is 13.4. The summed E-state index contributed by atoms with van der Waals surface area (Å²) in [5.74, 6) is 1.35. The highest BCUT2D eigenvalue weighted by Crippen LogP contribution is 2.37. The van der Waals surface area contributed by atoms with Crippen LogP contribution in [0, 0.1) is 6.92 Å². The molecule has 9 nitrogen and oxygen atoms in total. The highest BCUT2D eigenvalue weighted by atomic mass is 16.5. The lowest BCUT2D eigenvalue weighted by Gasteiger charge is -2.08. The zero-order chi connectivity index (χ0) is 19.8. The second-order valence-corrected chi connectivity index (χ2v) is 6.90. The molecule has 1 fully saturated rings. The summed E-state index contributed by atoms with van der Waals surface area (Å²) in [5, 5.41) is 14.9. The molecule has 0 aliphatic heterocycles. The molecule has 144 valence electrons. The van der Waals surface area contributed by atoms with Crippen LogP contribution in [-0.2, 0) is 0 Å². The average Bonchev–Trinajstić information content (AvgIpc) is 3.29. The Morgan fingerprint density at radius 3 is 2.90 bits per heavy atom. The molecule has 1 saturated carbocycles. The van der Waals surface area contributed by atoms with E-state index in [0.717, 1.165) is 24.2 Å². The molecule has 9 heteroatoms. The summed E-state index contributed by atoms with van der Waals surface area (Å²) >= 11 is 0. The standard InChI is InChI=1S/C20H17N7O2/c1-12-23-20(29-26-12)14-7-8-21-17(10-14)19(28)24-15-4-2-3-13(9-15)18-25-22-11-27(18)16-5-6-16/h2-4,7-11,16H,5-6H2,1H3,(H,24,28). The van der Waals surface area contributed by atoms with Crippen molar-refractivity contribution >= 4 is 11.6 Å². The van der Waals surface area contributed by atoms with Crippen LogP contribution in [0.2, 0.25) is 0 Å². The second-order valence-electron chi connectivity index (χ2n) is 6.90. The van der Waals surface area contributed by atoms with Gasteiger partial charge in [0.15, 0.2) is 11.6 Å². The molecule has 29 heavy (non-hydrogen) atoms. The lowest BCUT2D eigenvalue weighted by molar-refractivity contribution is 0.102. The first kappa shape index (κ1) is 17.2. The fourth-order valence-corrected chi connectivity index (χ4v) is 3.10. The number of amides is 1. The van der Waals surface area contributed by atoms with Gasteiger partial charge in [-0.15, -0.1) is 10.2 Å². The third-order valence-corrected chi connectivity index (χ3v) is 4.66. The number of benzene rings is 1. The van der Waals surface area contributed by atoms with Crippen LogP contribution in [-0.4, -0.2) is 35.8 Å². The Bertz CT molecular complexity index is 1190. The maximum Gasteiger partial charge on any atom is 0.274 e. The Morgan fingerprint density at radius 2 is 2.10 bits per heavy atom. The number of rotatable bonds is 5. The molecule has 5 rings (SSSR count). The molecule has 0 saturated heterocycles. The number of aryl methyl sites for hydroxylation is 1. The van der Waals surface area contributed by atoms with Gasteiger partial charge in [0.1, 0.15) is 12.0 Å². The van der Waals surface area contributed by atoms with Crippen LogP contribution >= 0.6 is 0 Å². The van der Waals surface area contributed by atoms with Crippen LogP contribution in [0.25, 0.3) is 22.8 Å². The van der Waals surface area contributed by atoms with E-state index in [1.807, 2.05) is 24.3 Å². The van der Waals surface area contributed by atoms with E-state index in [4.69, 9.17) is 4.52 Å². The van der Waals surface area contributed by atoms with Crippen molar-refractivity contribution in [2.24, 2.45) is 0 Å². The van der Waals surface area contributed by atoms with Gasteiger partial charge in [-0.2, -0.15) is 4.98 Å². The first-order valence-electron chi connectivity index (χ1n) is 9.25. The summed E-state index contributed by atoms with van der Waals surface area (Å²) < 4.78 is 7.24. The van der Waals surface area contributed by atoms with Crippen LogP contribution in [0.15, 0.2) is 53.4 Å². The Balaban J connectivity index is 1.38. The molecule has 1 aliphatic carbocycles. The van der Waals surface area contributed by atoms with E-state index < -0.39 is 0 Å². The number of carbonyl (C=O) groups is 1. The molecule has 3 aromatic heterocycles. The van der Waals surface area contributed by atoms with Crippen molar-refractivity contribution < 1.29 is 9.32 Å². The van der Waals surface area contributed by atoms with E-state index in [-0.39, 0.29) is 11.6 Å². The van der Waals surface area contributed by atoms with E-state index in [2.05, 4.69) is 35.2 Å². The monoisotopic (exact) mass is 387 g/mol. The summed E-state index contributed by atoms with van der Waals surface area (Å²) in [7, 11) is 0. The summed E-state index contributed by atoms with van der Waals surface area (Å²) in [6.45, 7) is 1.73. The quantitative estimate of drug-likeness (QED) is 0.559. The number of carbonyl (C=O) groups excluding carboxylic acids is 1. The Kier molecular flexibility index (Phi) is 4.12. The number of nitrogens with one attached hydrogen (secondary N) is 1. The number of hydrogen-bond donors (Lipinski definition) is 1. The van der Waals surface area contributed by atoms with Gasteiger partial charge in [-0.05, 0) is 44.0 Å². The first-order chi connectivity index (χ1) is 14.2. The molecule has 1 N–H and O–H groups in total. The van der Waals surface area contributed by atoms with Crippen LogP contribution in [0.5, 0.6) is 0 Å². The lowest BCUT2D eigenvalue weighted by Crippen LogP contribution is -2.13. The van der Waals surface area contributed by atoms with Crippen LogP contribution in [0.3, 0.4) is 0 Å². The zero-order valence-electron chi connectivity index (χ0n) is 15.6. The van der Waals surface area contributed by atoms with E-state index >= 15 is 0 Å². The van der Waals surface area contributed by atoms with Gasteiger partial charge in [0.25, 0.3) is 11.8 Å². The molecule has 1 aliphatic rings.